The molecule has 0 unspecified atom stereocenters. The van der Waals surface area contributed by atoms with Crippen LogP contribution in [0.25, 0.3) is 0 Å². The Bertz CT molecular complexity index is 1300. The molecule has 2 aliphatic rings. The first kappa shape index (κ1) is 21.3. The third kappa shape index (κ3) is 3.88. The molecular weight excluding hydrogens is 441 g/mol. The number of fused-ring (bicyclic) bond motifs is 2. The van der Waals surface area contributed by atoms with Gasteiger partial charge in [0.15, 0.2) is 6.61 Å². The maximum absolute atomic E-state index is 13.2. The van der Waals surface area contributed by atoms with E-state index in [1.54, 1.807) is 54.6 Å². The van der Waals surface area contributed by atoms with Crippen molar-refractivity contribution in [3.05, 3.63) is 89.2 Å². The van der Waals surface area contributed by atoms with Crippen molar-refractivity contribution in [1.82, 2.24) is 4.90 Å². The van der Waals surface area contributed by atoms with Crippen LogP contribution in [0.1, 0.15) is 26.3 Å². The van der Waals surface area contributed by atoms with E-state index in [0.717, 1.165) is 10.5 Å². The van der Waals surface area contributed by atoms with Gasteiger partial charge < -0.3 is 15.0 Å². The third-order valence-corrected chi connectivity index (χ3v) is 5.62. The summed E-state index contributed by atoms with van der Waals surface area (Å²) < 4.78 is 18.7. The Morgan fingerprint density at radius 3 is 2.26 bits per heavy atom. The number of amides is 4. The topological polar surface area (TPSA) is 96.0 Å². The fraction of sp³-hybridized carbons (Fsp3) is 0.120. The minimum Gasteiger partial charge on any atom is -0.482 e. The SMILES string of the molecule is O=C(CN1C(=O)c2ccccc2C1=O)Nc1ccc2c(c1)N(Cc1ccc(F)cc1)C(=O)CO2. The number of nitrogens with zero attached hydrogens (tertiary/aromatic N) is 2. The van der Waals surface area contributed by atoms with Crippen molar-refractivity contribution >= 4 is 35.0 Å². The number of imide groups is 1. The second-order valence-electron chi connectivity index (χ2n) is 7.87. The lowest BCUT2D eigenvalue weighted by Crippen LogP contribution is -2.38. The lowest BCUT2D eigenvalue weighted by molar-refractivity contribution is -0.121. The van der Waals surface area contributed by atoms with Crippen molar-refractivity contribution in [2.75, 3.05) is 23.4 Å². The number of hydrogen-bond acceptors (Lipinski definition) is 5. The Kier molecular flexibility index (Phi) is 5.29. The summed E-state index contributed by atoms with van der Waals surface area (Å²) in [6.07, 6.45) is 0. The van der Waals surface area contributed by atoms with Gasteiger partial charge in [-0.1, -0.05) is 24.3 Å². The Hall–Kier alpha value is -4.53. The molecule has 34 heavy (non-hydrogen) atoms. The van der Waals surface area contributed by atoms with E-state index >= 15 is 0 Å². The van der Waals surface area contributed by atoms with Gasteiger partial charge in [0.25, 0.3) is 17.7 Å². The highest BCUT2D eigenvalue weighted by Crippen LogP contribution is 2.35. The third-order valence-electron chi connectivity index (χ3n) is 5.62. The molecule has 0 fully saturated rings. The standard InChI is InChI=1S/C25H18FN3O5/c26-16-7-5-15(6-8-16)12-28-20-11-17(9-10-21(20)34-14-23(28)31)27-22(30)13-29-24(32)18-3-1-2-4-19(18)25(29)33/h1-11H,12-14H2,(H,27,30). The average Bonchev–Trinajstić information content (AvgIpc) is 3.07. The molecule has 2 heterocycles. The second kappa shape index (κ2) is 8.43. The van der Waals surface area contributed by atoms with Crippen LogP contribution >= 0.6 is 0 Å². The molecule has 0 saturated carbocycles. The minimum absolute atomic E-state index is 0.139. The zero-order chi connectivity index (χ0) is 23.8. The Balaban J connectivity index is 1.33. The van der Waals surface area contributed by atoms with Gasteiger partial charge >= 0.3 is 0 Å². The number of carbonyl (C=O) groups is 4. The van der Waals surface area contributed by atoms with E-state index in [2.05, 4.69) is 5.32 Å². The van der Waals surface area contributed by atoms with Crippen molar-refractivity contribution in [2.45, 2.75) is 6.54 Å². The van der Waals surface area contributed by atoms with Crippen LogP contribution in [0.2, 0.25) is 0 Å². The smallest absolute Gasteiger partial charge is 0.265 e. The number of hydrogen-bond donors (Lipinski definition) is 1. The highest BCUT2D eigenvalue weighted by Gasteiger charge is 2.36. The van der Waals surface area contributed by atoms with Crippen molar-refractivity contribution in [1.29, 1.82) is 0 Å². The Labute approximate surface area is 193 Å². The molecule has 0 atom stereocenters. The van der Waals surface area contributed by atoms with E-state index in [1.807, 2.05) is 0 Å². The molecule has 0 saturated heterocycles. The summed E-state index contributed by atoms with van der Waals surface area (Å²) in [6, 6.07) is 17.0. The predicted octanol–water partition coefficient (Wildman–Crippen LogP) is 2.99. The van der Waals surface area contributed by atoms with Gasteiger partial charge in [0.05, 0.1) is 23.4 Å². The number of ether oxygens (including phenoxy) is 1. The van der Waals surface area contributed by atoms with Crippen LogP contribution in [0.3, 0.4) is 0 Å². The summed E-state index contributed by atoms with van der Waals surface area (Å²) >= 11 is 0. The number of carbonyl (C=O) groups excluding carboxylic acids is 4. The minimum atomic E-state index is -0.567. The maximum atomic E-state index is 13.2. The van der Waals surface area contributed by atoms with E-state index < -0.39 is 24.3 Å². The van der Waals surface area contributed by atoms with Crippen molar-refractivity contribution in [3.8, 4) is 5.75 Å². The molecule has 8 nitrogen and oxygen atoms in total. The summed E-state index contributed by atoms with van der Waals surface area (Å²) in [5, 5.41) is 2.67. The van der Waals surface area contributed by atoms with Crippen LogP contribution in [0.4, 0.5) is 15.8 Å². The van der Waals surface area contributed by atoms with Crippen molar-refractivity contribution < 1.29 is 28.3 Å². The predicted molar refractivity (Wildman–Crippen MR) is 120 cm³/mol. The van der Waals surface area contributed by atoms with E-state index in [9.17, 15) is 23.6 Å². The Morgan fingerprint density at radius 2 is 1.59 bits per heavy atom. The van der Waals surface area contributed by atoms with Gasteiger partial charge in [-0.05, 0) is 48.0 Å². The second-order valence-corrected chi connectivity index (χ2v) is 7.87. The summed E-state index contributed by atoms with van der Waals surface area (Å²) in [7, 11) is 0. The normalized spacial score (nSPS) is 14.6. The van der Waals surface area contributed by atoms with Crippen LogP contribution in [0.5, 0.6) is 5.75 Å². The summed E-state index contributed by atoms with van der Waals surface area (Å²) in [6.45, 7) is -0.389. The van der Waals surface area contributed by atoms with Crippen LogP contribution in [-0.4, -0.2) is 41.7 Å². The van der Waals surface area contributed by atoms with Crippen molar-refractivity contribution in [3.63, 3.8) is 0 Å². The number of rotatable bonds is 5. The lowest BCUT2D eigenvalue weighted by atomic mass is 10.1. The molecule has 4 amide bonds. The summed E-state index contributed by atoms with van der Waals surface area (Å²) in [5.74, 6) is -1.81. The number of anilines is 2. The summed E-state index contributed by atoms with van der Waals surface area (Å²) in [5.41, 5.74) is 2.06. The maximum Gasteiger partial charge on any atom is 0.265 e. The molecule has 0 aromatic heterocycles. The molecule has 0 aliphatic carbocycles. The van der Waals surface area contributed by atoms with Gasteiger partial charge in [-0.2, -0.15) is 0 Å². The van der Waals surface area contributed by atoms with Gasteiger partial charge in [0.2, 0.25) is 5.91 Å². The fourth-order valence-electron chi connectivity index (χ4n) is 3.95. The van der Waals surface area contributed by atoms with Crippen LogP contribution in [0.15, 0.2) is 66.7 Å². The molecule has 9 heteroatoms. The first-order valence-electron chi connectivity index (χ1n) is 10.5. The molecule has 0 bridgehead atoms. The van der Waals surface area contributed by atoms with Gasteiger partial charge in [0.1, 0.15) is 18.1 Å². The molecule has 3 aromatic carbocycles. The van der Waals surface area contributed by atoms with Gasteiger partial charge in [-0.15, -0.1) is 0 Å². The number of benzene rings is 3. The van der Waals surface area contributed by atoms with E-state index in [4.69, 9.17) is 4.74 Å². The Morgan fingerprint density at radius 1 is 0.912 bits per heavy atom. The highest BCUT2D eigenvalue weighted by atomic mass is 19.1. The molecule has 0 radical (unpaired) electrons. The van der Waals surface area contributed by atoms with Crippen LogP contribution < -0.4 is 15.0 Å². The largest absolute Gasteiger partial charge is 0.482 e. The highest BCUT2D eigenvalue weighted by molar-refractivity contribution is 6.22. The van der Waals surface area contributed by atoms with Gasteiger partial charge in [-0.3, -0.25) is 24.1 Å². The van der Waals surface area contributed by atoms with E-state index in [-0.39, 0.29) is 36.0 Å². The fourth-order valence-corrected chi connectivity index (χ4v) is 3.95. The quantitative estimate of drug-likeness (QED) is 0.592. The van der Waals surface area contributed by atoms with Crippen LogP contribution in [-0.2, 0) is 16.1 Å². The van der Waals surface area contributed by atoms with E-state index in [1.165, 1.54) is 17.0 Å². The molecule has 5 rings (SSSR count). The molecule has 3 aromatic rings. The lowest BCUT2D eigenvalue weighted by Gasteiger charge is -2.30. The number of nitrogens with one attached hydrogen (secondary N) is 1. The average molecular weight is 459 g/mol. The zero-order valence-corrected chi connectivity index (χ0v) is 17.8. The van der Waals surface area contributed by atoms with E-state index in [0.29, 0.717) is 17.1 Å². The van der Waals surface area contributed by atoms with Gasteiger partial charge in [0, 0.05) is 5.69 Å². The van der Waals surface area contributed by atoms with Gasteiger partial charge in [-0.25, -0.2) is 4.39 Å². The summed E-state index contributed by atoms with van der Waals surface area (Å²) in [4.78, 5) is 52.6. The number of halogens is 1. The van der Waals surface area contributed by atoms with Crippen LogP contribution in [0, 0.1) is 5.82 Å². The van der Waals surface area contributed by atoms with Crippen molar-refractivity contribution in [2.24, 2.45) is 0 Å². The first-order valence-corrected chi connectivity index (χ1v) is 10.5. The zero-order valence-electron chi connectivity index (χ0n) is 17.8. The first-order chi connectivity index (χ1) is 16.4. The molecule has 2 aliphatic heterocycles. The monoisotopic (exact) mass is 459 g/mol. The molecular formula is C25H18FN3O5. The molecule has 170 valence electrons. The molecule has 0 spiro atoms. The molecule has 1 N–H and O–H groups in total.